The van der Waals surface area contributed by atoms with Crippen LogP contribution in [-0.2, 0) is 4.79 Å². The molecule has 4 N–H and O–H groups in total. The zero-order valence-electron chi connectivity index (χ0n) is 15.4. The second-order valence-electron chi connectivity index (χ2n) is 6.35. The Morgan fingerprint density at radius 1 is 1.10 bits per heavy atom. The third-order valence-electron chi connectivity index (χ3n) is 4.36. The number of aromatic nitrogens is 3. The van der Waals surface area contributed by atoms with Crippen LogP contribution in [0, 0.1) is 0 Å². The summed E-state index contributed by atoms with van der Waals surface area (Å²) in [5, 5.41) is 13.6. The van der Waals surface area contributed by atoms with Crippen molar-refractivity contribution in [2.45, 2.75) is 11.6 Å². The van der Waals surface area contributed by atoms with Crippen molar-refractivity contribution < 1.29 is 14.4 Å². The first-order valence-electron chi connectivity index (χ1n) is 8.82. The maximum atomic E-state index is 12.2. The van der Waals surface area contributed by atoms with E-state index in [-0.39, 0.29) is 17.9 Å². The second-order valence-corrected chi connectivity index (χ2v) is 8.26. The van der Waals surface area contributed by atoms with E-state index in [1.54, 1.807) is 6.07 Å². The number of halogens is 1. The third-order valence-corrected chi connectivity index (χ3v) is 6.00. The minimum atomic E-state index is -0.468. The minimum absolute atomic E-state index is 0.199. The highest BCUT2D eigenvalue weighted by Gasteiger charge is 2.26. The number of thioether (sulfide) groups is 1. The summed E-state index contributed by atoms with van der Waals surface area (Å²) in [5.41, 5.74) is 1.82. The van der Waals surface area contributed by atoms with E-state index in [0.717, 1.165) is 10.0 Å². The number of fused-ring (bicyclic) bond motifs is 1. The van der Waals surface area contributed by atoms with Gasteiger partial charge in [0.25, 0.3) is 11.8 Å². The predicted octanol–water partition coefficient (Wildman–Crippen LogP) is 2.43. The summed E-state index contributed by atoms with van der Waals surface area (Å²) in [6.45, 7) is 0. The van der Waals surface area contributed by atoms with Gasteiger partial charge in [-0.05, 0) is 30.3 Å². The van der Waals surface area contributed by atoms with Crippen molar-refractivity contribution in [2.75, 3.05) is 16.9 Å². The number of amides is 3. The van der Waals surface area contributed by atoms with Crippen LogP contribution >= 0.6 is 27.7 Å². The van der Waals surface area contributed by atoms with Gasteiger partial charge in [-0.1, -0.05) is 39.8 Å². The lowest BCUT2D eigenvalue weighted by atomic mass is 10.1. The molecule has 1 aromatic heterocycles. The molecular formula is C19H15BrN6O3S. The molecule has 152 valence electrons. The Morgan fingerprint density at radius 3 is 2.67 bits per heavy atom. The average Bonchev–Trinajstić information content (AvgIpc) is 3.21. The summed E-state index contributed by atoms with van der Waals surface area (Å²) < 4.78 is 2.24. The molecule has 1 aliphatic rings. The number of rotatable bonds is 6. The van der Waals surface area contributed by atoms with Gasteiger partial charge in [-0.25, -0.2) is 4.68 Å². The van der Waals surface area contributed by atoms with Crippen LogP contribution in [0.2, 0.25) is 0 Å². The molecule has 3 aromatic rings. The van der Waals surface area contributed by atoms with Gasteiger partial charge in [0.1, 0.15) is 0 Å². The van der Waals surface area contributed by atoms with E-state index < -0.39 is 11.8 Å². The molecule has 1 aliphatic heterocycles. The minimum Gasteiger partial charge on any atom is -0.335 e. The fourth-order valence-corrected chi connectivity index (χ4v) is 4.16. The Hall–Kier alpha value is -3.18. The molecule has 0 saturated carbocycles. The number of anilines is 1. The van der Waals surface area contributed by atoms with E-state index in [9.17, 15) is 14.4 Å². The third kappa shape index (κ3) is 3.94. The molecule has 0 radical (unpaired) electrons. The molecule has 3 amide bonds. The van der Waals surface area contributed by atoms with E-state index >= 15 is 0 Å². The Labute approximate surface area is 183 Å². The van der Waals surface area contributed by atoms with Gasteiger partial charge in [0.15, 0.2) is 5.82 Å². The summed E-state index contributed by atoms with van der Waals surface area (Å²) in [4.78, 5) is 35.5. The van der Waals surface area contributed by atoms with Gasteiger partial charge in [-0.15, -0.1) is 10.2 Å². The van der Waals surface area contributed by atoms with Crippen LogP contribution < -0.4 is 16.5 Å². The smallest absolute Gasteiger partial charge is 0.259 e. The molecule has 30 heavy (non-hydrogen) atoms. The fourth-order valence-electron chi connectivity index (χ4n) is 2.91. The number of nitrogens with two attached hydrogens (primary N) is 1. The number of nitrogens with one attached hydrogen (secondary N) is 2. The van der Waals surface area contributed by atoms with E-state index in [4.69, 9.17) is 5.84 Å². The van der Waals surface area contributed by atoms with Crippen molar-refractivity contribution in [2.24, 2.45) is 0 Å². The number of nitrogen functional groups attached to an aromatic ring is 1. The number of benzene rings is 2. The van der Waals surface area contributed by atoms with Crippen molar-refractivity contribution in [3.8, 4) is 11.4 Å². The van der Waals surface area contributed by atoms with Crippen LogP contribution in [0.5, 0.6) is 0 Å². The maximum Gasteiger partial charge on any atom is 0.259 e. The number of carbonyl (C=O) groups is 3. The lowest BCUT2D eigenvalue weighted by Crippen LogP contribution is -2.19. The van der Waals surface area contributed by atoms with Crippen molar-refractivity contribution in [1.82, 2.24) is 20.2 Å². The van der Waals surface area contributed by atoms with Gasteiger partial charge in [0, 0.05) is 27.9 Å². The van der Waals surface area contributed by atoms with Crippen molar-refractivity contribution in [3.05, 3.63) is 58.1 Å². The average molecular weight is 487 g/mol. The van der Waals surface area contributed by atoms with E-state index in [1.165, 1.54) is 28.6 Å². The molecule has 2 heterocycles. The highest BCUT2D eigenvalue weighted by Crippen LogP contribution is 2.28. The molecule has 9 nitrogen and oxygen atoms in total. The lowest BCUT2D eigenvalue weighted by Gasteiger charge is -2.07. The topological polar surface area (TPSA) is 132 Å². The molecule has 0 atom stereocenters. The molecular weight excluding hydrogens is 472 g/mol. The van der Waals surface area contributed by atoms with Crippen molar-refractivity contribution in [1.29, 1.82) is 0 Å². The molecule has 0 fully saturated rings. The second kappa shape index (κ2) is 8.28. The quantitative estimate of drug-likeness (QED) is 0.276. The molecule has 0 spiro atoms. The molecule has 0 saturated heterocycles. The SMILES string of the molecule is Nn1c(SCCC(=O)Nc2ccc3c(c2)C(=O)NC3=O)nnc1-c1ccccc1Br. The standard InChI is InChI=1S/C19H15BrN6O3S/c20-14-4-2-1-3-12(14)16-24-25-19(26(16)21)30-8-7-15(27)22-10-5-6-11-13(9-10)18(29)23-17(11)28/h1-6,9H,7-8,21H2,(H,22,27)(H,23,28,29). The highest BCUT2D eigenvalue weighted by atomic mass is 79.9. The Kier molecular flexibility index (Phi) is 5.55. The van der Waals surface area contributed by atoms with Crippen LogP contribution in [0.1, 0.15) is 27.1 Å². The van der Waals surface area contributed by atoms with Crippen LogP contribution in [-0.4, -0.2) is 38.3 Å². The van der Waals surface area contributed by atoms with Crippen LogP contribution in [0.15, 0.2) is 52.1 Å². The summed E-state index contributed by atoms with van der Waals surface area (Å²) >= 11 is 4.77. The van der Waals surface area contributed by atoms with Crippen LogP contribution in [0.3, 0.4) is 0 Å². The summed E-state index contributed by atoms with van der Waals surface area (Å²) in [7, 11) is 0. The van der Waals surface area contributed by atoms with Gasteiger partial charge in [-0.2, -0.15) is 0 Å². The lowest BCUT2D eigenvalue weighted by molar-refractivity contribution is -0.115. The number of carbonyl (C=O) groups excluding carboxylic acids is 3. The van der Waals surface area contributed by atoms with E-state index in [0.29, 0.717) is 28.0 Å². The first kappa shape index (κ1) is 20.1. The number of imide groups is 1. The molecule has 4 rings (SSSR count). The summed E-state index contributed by atoms with van der Waals surface area (Å²) in [6.07, 6.45) is 0.199. The van der Waals surface area contributed by atoms with E-state index in [1.807, 2.05) is 24.3 Å². The Morgan fingerprint density at radius 2 is 1.87 bits per heavy atom. The van der Waals surface area contributed by atoms with Crippen molar-refractivity contribution >= 4 is 51.1 Å². The molecule has 0 aliphatic carbocycles. The number of hydrogen-bond acceptors (Lipinski definition) is 7. The van der Waals surface area contributed by atoms with Gasteiger partial charge >= 0.3 is 0 Å². The zero-order chi connectivity index (χ0) is 21.3. The maximum absolute atomic E-state index is 12.2. The molecule has 11 heteroatoms. The van der Waals surface area contributed by atoms with Gasteiger partial charge in [0.05, 0.1) is 11.1 Å². The van der Waals surface area contributed by atoms with Gasteiger partial charge in [0.2, 0.25) is 11.1 Å². The number of hydrogen-bond donors (Lipinski definition) is 3. The fraction of sp³-hybridized carbons (Fsp3) is 0.105. The molecule has 0 unspecified atom stereocenters. The highest BCUT2D eigenvalue weighted by molar-refractivity contribution is 9.10. The van der Waals surface area contributed by atoms with Gasteiger partial charge < -0.3 is 11.2 Å². The molecule has 2 aromatic carbocycles. The van der Waals surface area contributed by atoms with Crippen LogP contribution in [0.4, 0.5) is 5.69 Å². The Bertz CT molecular complexity index is 1180. The van der Waals surface area contributed by atoms with Gasteiger partial charge in [-0.3, -0.25) is 19.7 Å². The summed E-state index contributed by atoms with van der Waals surface area (Å²) in [5.74, 6) is 5.91. The Balaban J connectivity index is 1.35. The first-order chi connectivity index (χ1) is 14.4. The summed E-state index contributed by atoms with van der Waals surface area (Å²) in [6, 6.07) is 12.1. The van der Waals surface area contributed by atoms with Crippen LogP contribution in [0.25, 0.3) is 11.4 Å². The van der Waals surface area contributed by atoms with E-state index in [2.05, 4.69) is 36.8 Å². The first-order valence-corrected chi connectivity index (χ1v) is 10.6. The largest absolute Gasteiger partial charge is 0.335 e. The number of nitrogens with zero attached hydrogens (tertiary/aromatic N) is 3. The molecule has 0 bridgehead atoms. The zero-order valence-corrected chi connectivity index (χ0v) is 17.8. The predicted molar refractivity (Wildman–Crippen MR) is 116 cm³/mol. The normalized spacial score (nSPS) is 12.6. The van der Waals surface area contributed by atoms with Crippen molar-refractivity contribution in [3.63, 3.8) is 0 Å². The monoisotopic (exact) mass is 486 g/mol.